The molecule has 2 aromatic heterocycles. The molecule has 0 radical (unpaired) electrons. The number of benzene rings is 1. The molecule has 7 nitrogen and oxygen atoms in total. The summed E-state index contributed by atoms with van der Waals surface area (Å²) in [7, 11) is 0. The minimum Gasteiger partial charge on any atom is -0.491 e. The normalized spacial score (nSPS) is 15.1. The monoisotopic (exact) mass is 487 g/mol. The van der Waals surface area contributed by atoms with Crippen molar-refractivity contribution in [2.24, 2.45) is 0 Å². The summed E-state index contributed by atoms with van der Waals surface area (Å²) < 4.78 is 11.4. The molecule has 3 amide bonds. The molecule has 1 atom stereocenters. The van der Waals surface area contributed by atoms with Crippen molar-refractivity contribution in [3.63, 3.8) is 0 Å². The largest absolute Gasteiger partial charge is 0.491 e. The minimum absolute atomic E-state index is 0.0521. The van der Waals surface area contributed by atoms with E-state index < -0.39 is 0 Å². The number of carbonyl (C=O) groups excluding carboxylic acids is 2. The summed E-state index contributed by atoms with van der Waals surface area (Å²) in [6, 6.07) is 12.2. The highest BCUT2D eigenvalue weighted by molar-refractivity contribution is 7.10. The van der Waals surface area contributed by atoms with Crippen molar-refractivity contribution in [2.75, 3.05) is 26.2 Å². The Morgan fingerprint density at radius 3 is 2.82 bits per heavy atom. The predicted molar refractivity (Wildman–Crippen MR) is 128 cm³/mol. The van der Waals surface area contributed by atoms with E-state index in [0.717, 1.165) is 12.0 Å². The van der Waals surface area contributed by atoms with E-state index in [1.165, 1.54) is 9.78 Å². The third kappa shape index (κ3) is 5.69. The van der Waals surface area contributed by atoms with Gasteiger partial charge in [0.05, 0.1) is 18.8 Å². The fraction of sp³-hybridized carbons (Fsp3) is 0.333. The first-order valence-corrected chi connectivity index (χ1v) is 12.1. The van der Waals surface area contributed by atoms with Gasteiger partial charge in [-0.2, -0.15) is 0 Å². The molecule has 0 bridgehead atoms. The van der Waals surface area contributed by atoms with Crippen LogP contribution < -0.4 is 10.1 Å². The summed E-state index contributed by atoms with van der Waals surface area (Å²) in [5.41, 5.74) is 1.10. The maximum Gasteiger partial charge on any atom is 0.318 e. The smallest absolute Gasteiger partial charge is 0.318 e. The minimum atomic E-state index is -0.301. The number of furan rings is 1. The summed E-state index contributed by atoms with van der Waals surface area (Å²) in [5, 5.41) is 5.47. The van der Waals surface area contributed by atoms with Gasteiger partial charge in [-0.25, -0.2) is 4.79 Å². The molecule has 0 aliphatic carbocycles. The average Bonchev–Trinajstić information content (AvgIpc) is 3.50. The van der Waals surface area contributed by atoms with Crippen LogP contribution in [0.5, 0.6) is 5.75 Å². The number of carbonyl (C=O) groups is 2. The quantitative estimate of drug-likeness (QED) is 0.498. The number of fused-ring (bicyclic) bond motifs is 1. The van der Waals surface area contributed by atoms with Gasteiger partial charge < -0.3 is 24.3 Å². The van der Waals surface area contributed by atoms with Gasteiger partial charge in [0.15, 0.2) is 0 Å². The van der Waals surface area contributed by atoms with Crippen molar-refractivity contribution in [2.45, 2.75) is 25.9 Å². The lowest BCUT2D eigenvalue weighted by molar-refractivity contribution is -0.135. The molecule has 4 rings (SSSR count). The van der Waals surface area contributed by atoms with Crippen LogP contribution in [-0.4, -0.2) is 48.0 Å². The molecule has 9 heteroatoms. The SMILES string of the molecule is CCNC(=O)N(CC(=O)N1CCc2sccc2[C@@H]1COc1ccc(Cl)cc1)Cc1ccco1. The average molecular weight is 488 g/mol. The highest BCUT2D eigenvalue weighted by atomic mass is 35.5. The number of amides is 3. The molecule has 1 N–H and O–H groups in total. The van der Waals surface area contributed by atoms with Crippen LogP contribution in [0.4, 0.5) is 4.79 Å². The van der Waals surface area contributed by atoms with Crippen LogP contribution in [0, 0.1) is 0 Å². The molecule has 0 saturated heterocycles. The number of rotatable bonds is 8. The number of hydrogen-bond donors (Lipinski definition) is 1. The van der Waals surface area contributed by atoms with Crippen molar-refractivity contribution < 1.29 is 18.7 Å². The van der Waals surface area contributed by atoms with Crippen LogP contribution in [0.15, 0.2) is 58.5 Å². The van der Waals surface area contributed by atoms with Gasteiger partial charge in [-0.3, -0.25) is 4.79 Å². The van der Waals surface area contributed by atoms with Crippen LogP contribution >= 0.6 is 22.9 Å². The third-order valence-corrected chi connectivity index (χ3v) is 6.75. The molecule has 1 aliphatic heterocycles. The van der Waals surface area contributed by atoms with Gasteiger partial charge in [-0.1, -0.05) is 11.6 Å². The number of halogens is 1. The maximum atomic E-state index is 13.4. The summed E-state index contributed by atoms with van der Waals surface area (Å²) in [6.45, 7) is 3.37. The second-order valence-corrected chi connectivity index (χ2v) is 9.12. The van der Waals surface area contributed by atoms with Gasteiger partial charge in [-0.05, 0) is 66.8 Å². The summed E-state index contributed by atoms with van der Waals surface area (Å²) in [5.74, 6) is 1.18. The molecule has 174 valence electrons. The van der Waals surface area contributed by atoms with E-state index in [1.807, 2.05) is 29.3 Å². The lowest BCUT2D eigenvalue weighted by atomic mass is 10.0. The van der Waals surface area contributed by atoms with Crippen LogP contribution in [0.25, 0.3) is 0 Å². The Hall–Kier alpha value is -2.97. The Morgan fingerprint density at radius 1 is 1.27 bits per heavy atom. The zero-order chi connectivity index (χ0) is 23.2. The van der Waals surface area contributed by atoms with E-state index in [2.05, 4.69) is 11.4 Å². The number of ether oxygens (including phenoxy) is 1. The molecule has 0 spiro atoms. The molecule has 0 saturated carbocycles. The van der Waals surface area contributed by atoms with Crippen LogP contribution in [-0.2, 0) is 17.8 Å². The summed E-state index contributed by atoms with van der Waals surface area (Å²) in [6.07, 6.45) is 2.34. The Balaban J connectivity index is 1.50. The molecule has 1 aliphatic rings. The van der Waals surface area contributed by atoms with Crippen molar-refractivity contribution in [1.82, 2.24) is 15.1 Å². The van der Waals surface area contributed by atoms with Gasteiger partial charge >= 0.3 is 6.03 Å². The first kappa shape index (κ1) is 23.2. The second kappa shape index (κ2) is 10.8. The van der Waals surface area contributed by atoms with Crippen molar-refractivity contribution in [1.29, 1.82) is 0 Å². The predicted octanol–water partition coefficient (Wildman–Crippen LogP) is 4.73. The van der Waals surface area contributed by atoms with Crippen molar-refractivity contribution in [3.05, 3.63) is 75.3 Å². The highest BCUT2D eigenvalue weighted by Crippen LogP contribution is 2.34. The van der Waals surface area contributed by atoms with Gasteiger partial charge in [0.1, 0.15) is 24.7 Å². The first-order chi connectivity index (χ1) is 16.0. The number of thiophene rings is 1. The van der Waals surface area contributed by atoms with Crippen LogP contribution in [0.2, 0.25) is 5.02 Å². The highest BCUT2D eigenvalue weighted by Gasteiger charge is 2.33. The van der Waals surface area contributed by atoms with Gasteiger partial charge in [0.25, 0.3) is 0 Å². The topological polar surface area (TPSA) is 75.0 Å². The van der Waals surface area contributed by atoms with E-state index in [4.69, 9.17) is 20.8 Å². The second-order valence-electron chi connectivity index (χ2n) is 7.69. The molecule has 1 aromatic carbocycles. The standard InChI is InChI=1S/C24H26ClN3O4S/c1-2-26-24(30)27(14-19-4-3-12-31-19)15-23(29)28-11-9-22-20(10-13-33-22)21(28)16-32-18-7-5-17(25)6-8-18/h3-8,10,12-13,21H,2,9,11,14-16H2,1H3,(H,26,30)/t21-/m0/s1. The molecule has 0 unspecified atom stereocenters. The molecule has 33 heavy (non-hydrogen) atoms. The number of urea groups is 1. The van der Waals surface area contributed by atoms with E-state index in [0.29, 0.717) is 36.2 Å². The van der Waals surface area contributed by atoms with E-state index >= 15 is 0 Å². The lowest BCUT2D eigenvalue weighted by Crippen LogP contribution is -2.49. The Bertz CT molecular complexity index is 1070. The maximum absolute atomic E-state index is 13.4. The lowest BCUT2D eigenvalue weighted by Gasteiger charge is -2.37. The van der Waals surface area contributed by atoms with Crippen molar-refractivity contribution in [3.8, 4) is 5.75 Å². The van der Waals surface area contributed by atoms with Crippen LogP contribution in [0.1, 0.15) is 29.2 Å². The van der Waals surface area contributed by atoms with E-state index in [1.54, 1.807) is 41.9 Å². The number of hydrogen-bond acceptors (Lipinski definition) is 5. The van der Waals surface area contributed by atoms with E-state index in [-0.39, 0.29) is 31.1 Å². The molecule has 3 heterocycles. The zero-order valence-electron chi connectivity index (χ0n) is 18.3. The summed E-state index contributed by atoms with van der Waals surface area (Å²) in [4.78, 5) is 30.6. The van der Waals surface area contributed by atoms with Crippen molar-refractivity contribution >= 4 is 34.9 Å². The third-order valence-electron chi connectivity index (χ3n) is 5.50. The Labute approximate surface area is 201 Å². The van der Waals surface area contributed by atoms with Gasteiger partial charge in [0, 0.05) is 23.0 Å². The molecular formula is C24H26ClN3O4S. The van der Waals surface area contributed by atoms with Gasteiger partial charge in [0.2, 0.25) is 5.91 Å². The molecule has 3 aromatic rings. The number of nitrogens with one attached hydrogen (secondary N) is 1. The first-order valence-electron chi connectivity index (χ1n) is 10.8. The van der Waals surface area contributed by atoms with E-state index in [9.17, 15) is 9.59 Å². The van der Waals surface area contributed by atoms with Crippen LogP contribution in [0.3, 0.4) is 0 Å². The Morgan fingerprint density at radius 2 is 2.09 bits per heavy atom. The fourth-order valence-electron chi connectivity index (χ4n) is 3.89. The zero-order valence-corrected chi connectivity index (χ0v) is 19.9. The molecular weight excluding hydrogens is 462 g/mol. The number of nitrogens with zero attached hydrogens (tertiary/aromatic N) is 2. The van der Waals surface area contributed by atoms with Gasteiger partial charge in [-0.15, -0.1) is 11.3 Å². The summed E-state index contributed by atoms with van der Waals surface area (Å²) >= 11 is 7.67. The molecule has 0 fully saturated rings. The Kier molecular flexibility index (Phi) is 7.57. The fourth-order valence-corrected chi connectivity index (χ4v) is 4.94.